The van der Waals surface area contributed by atoms with Crippen LogP contribution in [-0.4, -0.2) is 80.1 Å². The Hall–Kier alpha value is -4.44. The molecular weight excluding hydrogens is 567 g/mol. The van der Waals surface area contributed by atoms with Crippen LogP contribution in [0.1, 0.15) is 28.6 Å². The summed E-state index contributed by atoms with van der Waals surface area (Å²) in [5.74, 6) is 1.57. The van der Waals surface area contributed by atoms with Crippen molar-refractivity contribution in [2.75, 3.05) is 58.4 Å². The molecule has 2 aromatic carbocycles. The third kappa shape index (κ3) is 5.43. The molecule has 0 radical (unpaired) electrons. The number of fused-ring (bicyclic) bond motifs is 1. The molecule has 0 saturated carbocycles. The molecule has 0 spiro atoms. The van der Waals surface area contributed by atoms with Gasteiger partial charge in [0.25, 0.3) is 5.91 Å². The summed E-state index contributed by atoms with van der Waals surface area (Å²) in [5.41, 5.74) is 2.80. The summed E-state index contributed by atoms with van der Waals surface area (Å²) < 4.78 is 27.9. The number of aromatic nitrogens is 1. The van der Waals surface area contributed by atoms with Crippen molar-refractivity contribution in [2.24, 2.45) is 0 Å². The van der Waals surface area contributed by atoms with E-state index >= 15 is 4.39 Å². The molecule has 0 unspecified atom stereocenters. The van der Waals surface area contributed by atoms with Gasteiger partial charge in [-0.3, -0.25) is 9.59 Å². The van der Waals surface area contributed by atoms with Crippen molar-refractivity contribution in [2.45, 2.75) is 13.3 Å². The van der Waals surface area contributed by atoms with Gasteiger partial charge in [0.15, 0.2) is 11.6 Å². The lowest BCUT2D eigenvalue weighted by Crippen LogP contribution is -2.49. The van der Waals surface area contributed by atoms with Crippen molar-refractivity contribution in [3.63, 3.8) is 0 Å². The third-order valence-electron chi connectivity index (χ3n) is 8.13. The van der Waals surface area contributed by atoms with Crippen LogP contribution in [0.25, 0.3) is 26.8 Å². The first kappa shape index (κ1) is 28.7. The number of nitrogens with zero attached hydrogens (tertiary/aromatic N) is 4. The predicted octanol–water partition coefficient (Wildman–Crippen LogP) is 5.72. The monoisotopic (exact) mass is 600 g/mol. The second-order valence-electron chi connectivity index (χ2n) is 10.6. The molecular formula is C33H33FN4O4S. The molecule has 43 heavy (non-hydrogen) atoms. The molecule has 0 bridgehead atoms. The van der Waals surface area contributed by atoms with Gasteiger partial charge in [0.05, 0.1) is 23.8 Å². The highest BCUT2D eigenvalue weighted by atomic mass is 32.1. The topological polar surface area (TPSA) is 75.2 Å². The van der Waals surface area contributed by atoms with Gasteiger partial charge in [0, 0.05) is 68.9 Å². The minimum Gasteiger partial charge on any atom is -0.496 e. The van der Waals surface area contributed by atoms with Gasteiger partial charge in [-0.2, -0.15) is 0 Å². The van der Waals surface area contributed by atoms with Crippen molar-refractivity contribution in [1.82, 2.24) is 14.8 Å². The summed E-state index contributed by atoms with van der Waals surface area (Å²) in [4.78, 5) is 36.5. The minimum absolute atomic E-state index is 0.0392. The summed E-state index contributed by atoms with van der Waals surface area (Å²) in [6, 6.07) is 15.0. The van der Waals surface area contributed by atoms with Gasteiger partial charge in [0.2, 0.25) is 5.91 Å². The van der Waals surface area contributed by atoms with Crippen LogP contribution < -0.4 is 14.4 Å². The molecule has 2 amide bonds. The molecule has 4 heterocycles. The molecule has 10 heteroatoms. The number of hydrogen-bond donors (Lipinski definition) is 0. The first-order valence-corrected chi connectivity index (χ1v) is 15.1. The Morgan fingerprint density at radius 3 is 2.37 bits per heavy atom. The van der Waals surface area contributed by atoms with E-state index in [1.807, 2.05) is 59.5 Å². The number of halogens is 1. The van der Waals surface area contributed by atoms with Gasteiger partial charge in [-0.1, -0.05) is 24.3 Å². The Balaban J connectivity index is 1.37. The quantitative estimate of drug-likeness (QED) is 0.282. The number of rotatable bonds is 6. The number of anilines is 1. The molecule has 0 aliphatic carbocycles. The van der Waals surface area contributed by atoms with Gasteiger partial charge in [-0.15, -0.1) is 11.3 Å². The van der Waals surface area contributed by atoms with Crippen LogP contribution in [0.4, 0.5) is 10.2 Å². The van der Waals surface area contributed by atoms with Crippen molar-refractivity contribution >= 4 is 44.6 Å². The standard InChI is InChI=1S/C33H33FN4O4S/c1-21(39)38-13-7-8-22(20-38)24-18-25(23-9-4-5-10-27(23)41-2)26-19-29(43-31(26)30(24)34)33(40)37-16-14-36(15-17-37)32-28(42-3)11-6-12-35-32/h4-6,8-12,18-19H,7,13-17,20H2,1-3H3. The van der Waals surface area contributed by atoms with E-state index in [1.54, 1.807) is 25.3 Å². The first-order valence-electron chi connectivity index (χ1n) is 14.3. The molecule has 2 aliphatic heterocycles. The Morgan fingerprint density at radius 1 is 0.884 bits per heavy atom. The first-order chi connectivity index (χ1) is 20.9. The zero-order valence-electron chi connectivity index (χ0n) is 24.4. The number of benzene rings is 2. The molecule has 6 rings (SSSR count). The van der Waals surface area contributed by atoms with E-state index in [9.17, 15) is 9.59 Å². The number of hydrogen-bond acceptors (Lipinski definition) is 7. The maximum atomic E-state index is 16.4. The average molecular weight is 601 g/mol. The van der Waals surface area contributed by atoms with Crippen LogP contribution in [0.3, 0.4) is 0 Å². The van der Waals surface area contributed by atoms with Crippen LogP contribution in [0.15, 0.2) is 60.8 Å². The fourth-order valence-electron chi connectivity index (χ4n) is 5.85. The zero-order chi connectivity index (χ0) is 30.1. The highest BCUT2D eigenvalue weighted by Crippen LogP contribution is 2.43. The van der Waals surface area contributed by atoms with E-state index in [0.29, 0.717) is 77.7 Å². The summed E-state index contributed by atoms with van der Waals surface area (Å²) in [6.45, 7) is 4.71. The maximum Gasteiger partial charge on any atom is 0.264 e. The largest absolute Gasteiger partial charge is 0.496 e. The van der Waals surface area contributed by atoms with Crippen LogP contribution in [0.5, 0.6) is 11.5 Å². The van der Waals surface area contributed by atoms with E-state index in [1.165, 1.54) is 18.3 Å². The zero-order valence-corrected chi connectivity index (χ0v) is 25.2. The fourth-order valence-corrected chi connectivity index (χ4v) is 6.95. The van der Waals surface area contributed by atoms with Gasteiger partial charge >= 0.3 is 0 Å². The van der Waals surface area contributed by atoms with Crippen LogP contribution >= 0.6 is 11.3 Å². The smallest absolute Gasteiger partial charge is 0.264 e. The fraction of sp³-hybridized carbons (Fsp3) is 0.303. The summed E-state index contributed by atoms with van der Waals surface area (Å²) in [5, 5.41) is 0.663. The molecule has 1 saturated heterocycles. The van der Waals surface area contributed by atoms with Crippen molar-refractivity contribution in [1.29, 1.82) is 0 Å². The highest BCUT2D eigenvalue weighted by molar-refractivity contribution is 7.21. The Morgan fingerprint density at radius 2 is 1.63 bits per heavy atom. The minimum atomic E-state index is -0.374. The van der Waals surface area contributed by atoms with E-state index in [-0.39, 0.29) is 17.6 Å². The maximum absolute atomic E-state index is 16.4. The van der Waals surface area contributed by atoms with E-state index in [4.69, 9.17) is 9.47 Å². The number of methoxy groups -OCH3 is 2. The molecule has 2 aliphatic rings. The summed E-state index contributed by atoms with van der Waals surface area (Å²) in [7, 11) is 3.23. The van der Waals surface area contributed by atoms with Gasteiger partial charge in [-0.25, -0.2) is 9.37 Å². The third-order valence-corrected chi connectivity index (χ3v) is 9.25. The molecule has 8 nitrogen and oxygen atoms in total. The van der Waals surface area contributed by atoms with Gasteiger partial charge in [-0.05, 0) is 47.9 Å². The van der Waals surface area contributed by atoms with Crippen molar-refractivity contribution in [3.8, 4) is 22.6 Å². The summed E-state index contributed by atoms with van der Waals surface area (Å²) >= 11 is 1.18. The number of piperazine rings is 1. The summed E-state index contributed by atoms with van der Waals surface area (Å²) in [6.07, 6.45) is 4.39. The number of pyridine rings is 1. The lowest BCUT2D eigenvalue weighted by molar-refractivity contribution is -0.128. The second kappa shape index (κ2) is 12.0. The van der Waals surface area contributed by atoms with E-state index in [2.05, 4.69) is 9.88 Å². The SMILES string of the molecule is COc1ccccc1-c1cc(C2=CCCN(C(C)=O)C2)c(F)c2sc(C(=O)N3CCN(c4ncccc4OC)CC3)cc12. The number of amides is 2. The Bertz CT molecular complexity index is 1730. The lowest BCUT2D eigenvalue weighted by atomic mass is 9.93. The van der Waals surface area contributed by atoms with E-state index in [0.717, 1.165) is 22.5 Å². The molecule has 0 atom stereocenters. The van der Waals surface area contributed by atoms with Gasteiger partial charge in [0.1, 0.15) is 11.6 Å². The average Bonchev–Trinajstić information content (AvgIpc) is 3.51. The highest BCUT2D eigenvalue weighted by Gasteiger charge is 2.28. The van der Waals surface area contributed by atoms with Crippen molar-refractivity contribution < 1.29 is 23.5 Å². The number of carbonyl (C=O) groups excluding carboxylic acids is 2. The van der Waals surface area contributed by atoms with Crippen molar-refractivity contribution in [3.05, 3.63) is 77.1 Å². The number of thiophene rings is 1. The molecule has 4 aromatic rings. The van der Waals surface area contributed by atoms with Crippen LogP contribution in [0, 0.1) is 5.82 Å². The Labute approximate surface area is 253 Å². The number of carbonyl (C=O) groups is 2. The Kier molecular flexibility index (Phi) is 8.03. The van der Waals surface area contributed by atoms with Crippen LogP contribution in [-0.2, 0) is 4.79 Å². The lowest BCUT2D eigenvalue weighted by Gasteiger charge is -2.35. The number of ether oxygens (including phenoxy) is 2. The molecule has 1 fully saturated rings. The predicted molar refractivity (Wildman–Crippen MR) is 168 cm³/mol. The number of para-hydroxylation sites is 1. The molecule has 222 valence electrons. The van der Waals surface area contributed by atoms with Gasteiger partial charge < -0.3 is 24.2 Å². The normalized spacial score (nSPS) is 15.4. The molecule has 2 aromatic heterocycles. The van der Waals surface area contributed by atoms with E-state index < -0.39 is 0 Å². The molecule has 0 N–H and O–H groups in total. The second-order valence-corrected chi connectivity index (χ2v) is 11.7. The van der Waals surface area contributed by atoms with Crippen LogP contribution in [0.2, 0.25) is 0 Å².